The Morgan fingerprint density at radius 1 is 1.52 bits per heavy atom. The number of halogens is 1. The molecule has 0 spiro atoms. The summed E-state index contributed by atoms with van der Waals surface area (Å²) in [6.45, 7) is 3.10. The van der Waals surface area contributed by atoms with Crippen LogP contribution in [0.25, 0.3) is 0 Å². The lowest BCUT2D eigenvalue weighted by Crippen LogP contribution is -2.36. The molecule has 1 aliphatic heterocycles. The van der Waals surface area contributed by atoms with E-state index in [0.717, 1.165) is 25.3 Å². The molecule has 116 valence electrons. The molecule has 0 bridgehead atoms. The molecule has 1 amide bonds. The number of nitrogens with one attached hydrogen (secondary N) is 1. The first-order chi connectivity index (χ1) is 10.1. The minimum Gasteiger partial charge on any atom is -0.492 e. The average Bonchev–Trinajstić information content (AvgIpc) is 2.48. The zero-order valence-corrected chi connectivity index (χ0v) is 13.2. The third-order valence-electron chi connectivity index (χ3n) is 3.78. The SMILES string of the molecule is CN(CCOc1cccc(Cl)c1)C(=O)CC1CCCNC1. The fourth-order valence-corrected chi connectivity index (χ4v) is 2.66. The number of benzene rings is 1. The third-order valence-corrected chi connectivity index (χ3v) is 4.01. The van der Waals surface area contributed by atoms with Crippen molar-refractivity contribution in [1.82, 2.24) is 10.2 Å². The maximum atomic E-state index is 12.1. The van der Waals surface area contributed by atoms with E-state index in [4.69, 9.17) is 16.3 Å². The fraction of sp³-hybridized carbons (Fsp3) is 0.562. The Kier molecular flexibility index (Phi) is 6.33. The highest BCUT2D eigenvalue weighted by Gasteiger charge is 2.18. The molecule has 1 saturated heterocycles. The predicted molar refractivity (Wildman–Crippen MR) is 84.8 cm³/mol. The van der Waals surface area contributed by atoms with Crippen LogP contribution in [-0.4, -0.2) is 44.1 Å². The Morgan fingerprint density at radius 3 is 3.10 bits per heavy atom. The molecule has 2 rings (SSSR count). The van der Waals surface area contributed by atoms with Crippen LogP contribution in [0.3, 0.4) is 0 Å². The number of nitrogens with zero attached hydrogens (tertiary/aromatic N) is 1. The maximum Gasteiger partial charge on any atom is 0.222 e. The summed E-state index contributed by atoms with van der Waals surface area (Å²) in [6.07, 6.45) is 2.94. The number of carbonyl (C=O) groups is 1. The molecule has 1 heterocycles. The van der Waals surface area contributed by atoms with Gasteiger partial charge in [-0.05, 0) is 50.0 Å². The van der Waals surface area contributed by atoms with Crippen molar-refractivity contribution in [1.29, 1.82) is 0 Å². The number of piperidine rings is 1. The van der Waals surface area contributed by atoms with Crippen LogP contribution in [0.2, 0.25) is 5.02 Å². The van der Waals surface area contributed by atoms with Crippen LogP contribution in [0.15, 0.2) is 24.3 Å². The monoisotopic (exact) mass is 310 g/mol. The quantitative estimate of drug-likeness (QED) is 0.878. The molecule has 0 saturated carbocycles. The molecule has 1 N–H and O–H groups in total. The van der Waals surface area contributed by atoms with Crippen molar-refractivity contribution in [3.63, 3.8) is 0 Å². The molecular weight excluding hydrogens is 288 g/mol. The van der Waals surface area contributed by atoms with Crippen LogP contribution in [0.5, 0.6) is 5.75 Å². The number of hydrogen-bond acceptors (Lipinski definition) is 3. The van der Waals surface area contributed by atoms with Gasteiger partial charge in [0.2, 0.25) is 5.91 Å². The second kappa shape index (κ2) is 8.25. The van der Waals surface area contributed by atoms with Crippen molar-refractivity contribution in [3.05, 3.63) is 29.3 Å². The lowest BCUT2D eigenvalue weighted by Gasteiger charge is -2.25. The molecule has 1 aromatic rings. The van der Waals surface area contributed by atoms with Gasteiger partial charge in [0.25, 0.3) is 0 Å². The Balaban J connectivity index is 1.68. The highest BCUT2D eigenvalue weighted by molar-refractivity contribution is 6.30. The summed E-state index contributed by atoms with van der Waals surface area (Å²) in [5.41, 5.74) is 0. The number of ether oxygens (including phenoxy) is 1. The highest BCUT2D eigenvalue weighted by Crippen LogP contribution is 2.17. The summed E-state index contributed by atoms with van der Waals surface area (Å²) in [4.78, 5) is 13.9. The van der Waals surface area contributed by atoms with E-state index in [1.54, 1.807) is 11.0 Å². The molecule has 0 radical (unpaired) electrons. The molecule has 21 heavy (non-hydrogen) atoms. The summed E-state index contributed by atoms with van der Waals surface area (Å²) in [5, 5.41) is 4.00. The van der Waals surface area contributed by atoms with Crippen LogP contribution in [0, 0.1) is 5.92 Å². The van der Waals surface area contributed by atoms with E-state index in [1.807, 2.05) is 25.2 Å². The zero-order chi connectivity index (χ0) is 15.1. The van der Waals surface area contributed by atoms with Crippen LogP contribution in [-0.2, 0) is 4.79 Å². The number of carbonyl (C=O) groups excluding carboxylic acids is 1. The first-order valence-corrected chi connectivity index (χ1v) is 7.86. The third kappa shape index (κ3) is 5.56. The van der Waals surface area contributed by atoms with Gasteiger partial charge in [0.15, 0.2) is 0 Å². The predicted octanol–water partition coefficient (Wildman–Crippen LogP) is 2.57. The summed E-state index contributed by atoms with van der Waals surface area (Å²) < 4.78 is 5.61. The lowest BCUT2D eigenvalue weighted by molar-refractivity contribution is -0.131. The normalized spacial score (nSPS) is 18.3. The van der Waals surface area contributed by atoms with Crippen molar-refractivity contribution in [3.8, 4) is 5.75 Å². The van der Waals surface area contributed by atoms with Crippen LogP contribution >= 0.6 is 11.6 Å². The van der Waals surface area contributed by atoms with Gasteiger partial charge >= 0.3 is 0 Å². The van der Waals surface area contributed by atoms with Crippen molar-refractivity contribution < 1.29 is 9.53 Å². The Hall–Kier alpha value is -1.26. The Labute approximate surface area is 131 Å². The number of hydrogen-bond donors (Lipinski definition) is 1. The Bertz CT molecular complexity index is 461. The molecule has 1 atom stereocenters. The van der Waals surface area contributed by atoms with Crippen molar-refractivity contribution in [2.75, 3.05) is 33.3 Å². The number of rotatable bonds is 6. The van der Waals surface area contributed by atoms with Crippen LogP contribution < -0.4 is 10.1 Å². The molecule has 0 aromatic heterocycles. The van der Waals surface area contributed by atoms with E-state index in [1.165, 1.54) is 6.42 Å². The number of amides is 1. The fourth-order valence-electron chi connectivity index (χ4n) is 2.48. The minimum atomic E-state index is 0.193. The topological polar surface area (TPSA) is 41.6 Å². The smallest absolute Gasteiger partial charge is 0.222 e. The maximum absolute atomic E-state index is 12.1. The summed E-state index contributed by atoms with van der Waals surface area (Å²) in [5.74, 6) is 1.40. The Morgan fingerprint density at radius 2 is 2.38 bits per heavy atom. The van der Waals surface area contributed by atoms with Gasteiger partial charge in [0.1, 0.15) is 12.4 Å². The van der Waals surface area contributed by atoms with Crippen molar-refractivity contribution >= 4 is 17.5 Å². The van der Waals surface area contributed by atoms with Gasteiger partial charge in [-0.15, -0.1) is 0 Å². The van der Waals surface area contributed by atoms with Crippen molar-refractivity contribution in [2.45, 2.75) is 19.3 Å². The van der Waals surface area contributed by atoms with Gasteiger partial charge in [0.05, 0.1) is 6.54 Å². The van der Waals surface area contributed by atoms with E-state index in [9.17, 15) is 4.79 Å². The van der Waals surface area contributed by atoms with E-state index >= 15 is 0 Å². The molecule has 1 aliphatic rings. The molecule has 4 nitrogen and oxygen atoms in total. The second-order valence-electron chi connectivity index (χ2n) is 5.54. The van der Waals surface area contributed by atoms with Gasteiger partial charge in [0, 0.05) is 18.5 Å². The first-order valence-electron chi connectivity index (χ1n) is 7.48. The lowest BCUT2D eigenvalue weighted by atomic mass is 9.96. The standard InChI is InChI=1S/C16H23ClN2O2/c1-19(16(20)10-13-4-3-7-18-12-13)8-9-21-15-6-2-5-14(17)11-15/h2,5-6,11,13,18H,3-4,7-10,12H2,1H3. The molecule has 1 unspecified atom stereocenters. The van der Waals surface area contributed by atoms with Gasteiger partial charge in [-0.25, -0.2) is 0 Å². The minimum absolute atomic E-state index is 0.193. The van der Waals surface area contributed by atoms with E-state index in [-0.39, 0.29) is 5.91 Å². The molecule has 0 aliphatic carbocycles. The van der Waals surface area contributed by atoms with Gasteiger partial charge in [-0.2, -0.15) is 0 Å². The summed E-state index contributed by atoms with van der Waals surface area (Å²) >= 11 is 5.89. The largest absolute Gasteiger partial charge is 0.492 e. The first kappa shape index (κ1) is 16.1. The summed E-state index contributed by atoms with van der Waals surface area (Å²) in [6, 6.07) is 7.29. The van der Waals surface area contributed by atoms with E-state index in [0.29, 0.717) is 30.5 Å². The molecule has 5 heteroatoms. The molecule has 1 aromatic carbocycles. The second-order valence-corrected chi connectivity index (χ2v) is 5.97. The summed E-state index contributed by atoms with van der Waals surface area (Å²) in [7, 11) is 1.83. The highest BCUT2D eigenvalue weighted by atomic mass is 35.5. The van der Waals surface area contributed by atoms with Crippen LogP contribution in [0.1, 0.15) is 19.3 Å². The zero-order valence-electron chi connectivity index (χ0n) is 12.5. The van der Waals surface area contributed by atoms with Gasteiger partial charge in [-0.3, -0.25) is 4.79 Å². The van der Waals surface area contributed by atoms with E-state index < -0.39 is 0 Å². The van der Waals surface area contributed by atoms with Gasteiger partial charge < -0.3 is 15.0 Å². The van der Waals surface area contributed by atoms with Crippen LogP contribution in [0.4, 0.5) is 0 Å². The van der Waals surface area contributed by atoms with E-state index in [2.05, 4.69) is 5.32 Å². The molecule has 1 fully saturated rings. The average molecular weight is 311 g/mol. The van der Waals surface area contributed by atoms with Crippen molar-refractivity contribution in [2.24, 2.45) is 5.92 Å². The van der Waals surface area contributed by atoms with Gasteiger partial charge in [-0.1, -0.05) is 17.7 Å². The molecular formula is C16H23ClN2O2. The number of likely N-dealkylation sites (N-methyl/N-ethyl adjacent to an activating group) is 1.